The van der Waals surface area contributed by atoms with Crippen molar-refractivity contribution in [2.24, 2.45) is 5.92 Å². The van der Waals surface area contributed by atoms with Gasteiger partial charge in [-0.3, -0.25) is 4.79 Å². The first-order valence-corrected chi connectivity index (χ1v) is 7.30. The molecular formula is C14H19BrFNO2. The molecule has 0 saturated heterocycles. The summed E-state index contributed by atoms with van der Waals surface area (Å²) in [5.74, 6) is -0.188. The van der Waals surface area contributed by atoms with Crippen LogP contribution in [-0.4, -0.2) is 24.4 Å². The molecule has 1 atom stereocenters. The maximum Gasteiger partial charge on any atom is 0.251 e. The number of carbonyl (C=O) groups is 1. The van der Waals surface area contributed by atoms with Gasteiger partial charge in [0.1, 0.15) is 0 Å². The summed E-state index contributed by atoms with van der Waals surface area (Å²) in [5.41, 5.74) is 0.299. The number of nitrogens with one attached hydrogen (secondary N) is 1. The van der Waals surface area contributed by atoms with Gasteiger partial charge in [0, 0.05) is 16.9 Å². The van der Waals surface area contributed by atoms with Gasteiger partial charge >= 0.3 is 0 Å². The van der Waals surface area contributed by atoms with Crippen molar-refractivity contribution in [2.45, 2.75) is 26.3 Å². The fourth-order valence-corrected chi connectivity index (χ4v) is 2.23. The maximum atomic E-state index is 13.5. The average molecular weight is 332 g/mol. The normalized spacial score (nSPS) is 12.3. The molecule has 0 aromatic heterocycles. The first-order valence-electron chi connectivity index (χ1n) is 6.18. The molecule has 1 aromatic carbocycles. The molecule has 0 radical (unpaired) electrons. The molecule has 1 aromatic rings. The van der Waals surface area contributed by atoms with E-state index in [1.165, 1.54) is 19.2 Å². The second kappa shape index (κ2) is 7.48. The zero-order valence-corrected chi connectivity index (χ0v) is 13.0. The summed E-state index contributed by atoms with van der Waals surface area (Å²) in [6, 6.07) is 4.24. The third-order valence-corrected chi connectivity index (χ3v) is 3.47. The largest absolute Gasteiger partial charge is 0.494 e. The number of carbonyl (C=O) groups excluding carboxylic acids is 1. The molecule has 1 N–H and O–H groups in total. The Kier molecular flexibility index (Phi) is 6.28. The van der Waals surface area contributed by atoms with Crippen molar-refractivity contribution in [2.75, 3.05) is 12.4 Å². The van der Waals surface area contributed by atoms with E-state index in [2.05, 4.69) is 35.1 Å². The Bertz CT molecular complexity index is 437. The Morgan fingerprint density at radius 2 is 2.16 bits per heavy atom. The number of hydrogen-bond acceptors (Lipinski definition) is 2. The van der Waals surface area contributed by atoms with Crippen molar-refractivity contribution in [3.05, 3.63) is 29.6 Å². The highest BCUT2D eigenvalue weighted by Gasteiger charge is 2.15. The van der Waals surface area contributed by atoms with Crippen molar-refractivity contribution in [3.63, 3.8) is 0 Å². The van der Waals surface area contributed by atoms with E-state index in [9.17, 15) is 9.18 Å². The number of alkyl halides is 1. The van der Waals surface area contributed by atoms with Crippen LogP contribution in [0.2, 0.25) is 0 Å². The summed E-state index contributed by atoms with van der Waals surface area (Å²) < 4.78 is 18.3. The van der Waals surface area contributed by atoms with Crippen LogP contribution in [0.3, 0.4) is 0 Å². The molecule has 0 aliphatic heterocycles. The Balaban J connectivity index is 2.74. The van der Waals surface area contributed by atoms with E-state index in [4.69, 9.17) is 4.74 Å². The van der Waals surface area contributed by atoms with Gasteiger partial charge in [-0.15, -0.1) is 0 Å². The molecule has 0 saturated carbocycles. The summed E-state index contributed by atoms with van der Waals surface area (Å²) in [4.78, 5) is 12.0. The van der Waals surface area contributed by atoms with Crippen molar-refractivity contribution < 1.29 is 13.9 Å². The Morgan fingerprint density at radius 1 is 1.47 bits per heavy atom. The molecule has 0 aliphatic rings. The molecule has 106 valence electrons. The first kappa shape index (κ1) is 16.0. The second-order valence-electron chi connectivity index (χ2n) is 4.80. The Morgan fingerprint density at radius 3 is 2.63 bits per heavy atom. The SMILES string of the molecule is COc1ccc(C(=O)NC(CBr)CC(C)C)cc1F. The van der Waals surface area contributed by atoms with E-state index in [1.54, 1.807) is 6.07 Å². The lowest BCUT2D eigenvalue weighted by molar-refractivity contribution is 0.0936. The summed E-state index contributed by atoms with van der Waals surface area (Å²) in [6.45, 7) is 4.18. The van der Waals surface area contributed by atoms with E-state index in [-0.39, 0.29) is 17.7 Å². The monoisotopic (exact) mass is 331 g/mol. The Hall–Kier alpha value is -1.10. The number of rotatable bonds is 6. The molecule has 1 rings (SSSR count). The van der Waals surface area contributed by atoms with Crippen molar-refractivity contribution >= 4 is 21.8 Å². The summed E-state index contributed by atoms with van der Waals surface area (Å²) in [7, 11) is 1.39. The zero-order valence-electron chi connectivity index (χ0n) is 11.4. The number of ether oxygens (including phenoxy) is 1. The minimum Gasteiger partial charge on any atom is -0.494 e. The van der Waals surface area contributed by atoms with Gasteiger partial charge in [-0.05, 0) is 30.5 Å². The van der Waals surface area contributed by atoms with Crippen LogP contribution in [0.25, 0.3) is 0 Å². The van der Waals surface area contributed by atoms with Gasteiger partial charge < -0.3 is 10.1 Å². The third kappa shape index (κ3) is 4.82. The van der Waals surface area contributed by atoms with Crippen LogP contribution in [-0.2, 0) is 0 Å². The highest BCUT2D eigenvalue weighted by atomic mass is 79.9. The van der Waals surface area contributed by atoms with Gasteiger partial charge in [0.25, 0.3) is 5.91 Å². The molecular weight excluding hydrogens is 313 g/mol. The van der Waals surface area contributed by atoms with Crippen LogP contribution in [0.1, 0.15) is 30.6 Å². The molecule has 3 nitrogen and oxygen atoms in total. The lowest BCUT2D eigenvalue weighted by Gasteiger charge is -2.18. The fourth-order valence-electron chi connectivity index (χ4n) is 1.81. The van der Waals surface area contributed by atoms with Crippen LogP contribution in [0.4, 0.5) is 4.39 Å². The van der Waals surface area contributed by atoms with E-state index in [1.807, 2.05) is 0 Å². The number of benzene rings is 1. The van der Waals surface area contributed by atoms with Gasteiger partial charge in [0.05, 0.1) is 7.11 Å². The molecule has 1 unspecified atom stereocenters. The summed E-state index contributed by atoms with van der Waals surface area (Å²) in [6.07, 6.45) is 0.871. The van der Waals surface area contributed by atoms with Gasteiger partial charge in [-0.2, -0.15) is 0 Å². The van der Waals surface area contributed by atoms with Gasteiger partial charge in [-0.1, -0.05) is 29.8 Å². The van der Waals surface area contributed by atoms with Gasteiger partial charge in [0.2, 0.25) is 0 Å². The van der Waals surface area contributed by atoms with E-state index in [0.717, 1.165) is 6.42 Å². The van der Waals surface area contributed by atoms with Crippen LogP contribution in [0, 0.1) is 11.7 Å². The smallest absolute Gasteiger partial charge is 0.251 e. The van der Waals surface area contributed by atoms with Crippen LogP contribution in [0.5, 0.6) is 5.75 Å². The summed E-state index contributed by atoms with van der Waals surface area (Å²) >= 11 is 3.37. The standard InChI is InChI=1S/C14H19BrFNO2/c1-9(2)6-11(8-15)17-14(18)10-4-5-13(19-3)12(16)7-10/h4-5,7,9,11H,6,8H2,1-3H3,(H,17,18). The minimum atomic E-state index is -0.533. The molecule has 0 spiro atoms. The molecule has 0 heterocycles. The predicted octanol–water partition coefficient (Wildman–Crippen LogP) is 3.37. The number of amides is 1. The highest BCUT2D eigenvalue weighted by molar-refractivity contribution is 9.09. The van der Waals surface area contributed by atoms with E-state index < -0.39 is 5.82 Å². The average Bonchev–Trinajstić information content (AvgIpc) is 2.37. The van der Waals surface area contributed by atoms with Crippen molar-refractivity contribution in [1.82, 2.24) is 5.32 Å². The molecule has 0 aliphatic carbocycles. The molecule has 5 heteroatoms. The van der Waals surface area contributed by atoms with Crippen LogP contribution >= 0.6 is 15.9 Å². The van der Waals surface area contributed by atoms with Crippen LogP contribution < -0.4 is 10.1 Å². The quantitative estimate of drug-likeness (QED) is 0.811. The number of halogens is 2. The van der Waals surface area contributed by atoms with Crippen molar-refractivity contribution in [3.8, 4) is 5.75 Å². The fraction of sp³-hybridized carbons (Fsp3) is 0.500. The zero-order chi connectivity index (χ0) is 14.4. The highest BCUT2D eigenvalue weighted by Crippen LogP contribution is 2.18. The molecule has 19 heavy (non-hydrogen) atoms. The lowest BCUT2D eigenvalue weighted by atomic mass is 10.0. The third-order valence-electron chi connectivity index (χ3n) is 2.69. The summed E-state index contributed by atoms with van der Waals surface area (Å²) in [5, 5.41) is 3.56. The topological polar surface area (TPSA) is 38.3 Å². The molecule has 1 amide bonds. The van der Waals surface area contributed by atoms with Gasteiger partial charge in [-0.25, -0.2) is 4.39 Å². The number of methoxy groups -OCH3 is 1. The van der Waals surface area contributed by atoms with Crippen molar-refractivity contribution in [1.29, 1.82) is 0 Å². The first-order chi connectivity index (χ1) is 8.97. The maximum absolute atomic E-state index is 13.5. The second-order valence-corrected chi connectivity index (χ2v) is 5.45. The van der Waals surface area contributed by atoms with Gasteiger partial charge in [0.15, 0.2) is 11.6 Å². The predicted molar refractivity (Wildman–Crippen MR) is 77.5 cm³/mol. The van der Waals surface area contributed by atoms with E-state index in [0.29, 0.717) is 16.8 Å². The minimum absolute atomic E-state index is 0.0395. The number of hydrogen-bond donors (Lipinski definition) is 1. The lowest BCUT2D eigenvalue weighted by Crippen LogP contribution is -2.37. The molecule has 0 fully saturated rings. The van der Waals surface area contributed by atoms with Crippen LogP contribution in [0.15, 0.2) is 18.2 Å². The van der Waals surface area contributed by atoms with E-state index >= 15 is 0 Å². The Labute approximate surface area is 121 Å². The molecule has 0 bridgehead atoms.